The lowest BCUT2D eigenvalue weighted by molar-refractivity contribution is 0.600. The van der Waals surface area contributed by atoms with Crippen LogP contribution >= 0.6 is 11.6 Å². The van der Waals surface area contributed by atoms with E-state index in [1.54, 1.807) is 0 Å². The van der Waals surface area contributed by atoms with Crippen molar-refractivity contribution < 1.29 is 0 Å². The molecule has 2 aromatic rings. The van der Waals surface area contributed by atoms with E-state index < -0.39 is 0 Å². The number of fused-ring (bicyclic) bond motifs is 1. The number of hydrogen-bond acceptors (Lipinski definition) is 2. The molecule has 0 saturated carbocycles. The molecule has 1 aromatic carbocycles. The molecule has 15 heavy (non-hydrogen) atoms. The van der Waals surface area contributed by atoms with Crippen LogP contribution in [0.3, 0.4) is 0 Å². The van der Waals surface area contributed by atoms with Gasteiger partial charge >= 0.3 is 0 Å². The second kappa shape index (κ2) is 3.42. The molecule has 0 fully saturated rings. The van der Waals surface area contributed by atoms with Crippen LogP contribution in [0.5, 0.6) is 0 Å². The normalized spacial score (nSPS) is 11.5. The summed E-state index contributed by atoms with van der Waals surface area (Å²) in [4.78, 5) is 4.46. The second-order valence-corrected chi connectivity index (χ2v) is 4.39. The Hall–Kier alpha value is -1.22. The molecule has 0 aliphatic heterocycles. The van der Waals surface area contributed by atoms with Crippen LogP contribution in [0.15, 0.2) is 12.1 Å². The molecule has 2 N–H and O–H groups in total. The minimum atomic E-state index is 0.370. The van der Waals surface area contributed by atoms with Crippen molar-refractivity contribution >= 4 is 28.3 Å². The maximum absolute atomic E-state index is 6.01. The number of halogens is 1. The average Bonchev–Trinajstić information content (AvgIpc) is 2.41. The van der Waals surface area contributed by atoms with Crippen molar-refractivity contribution in [2.75, 3.05) is 5.73 Å². The lowest BCUT2D eigenvalue weighted by Gasteiger charge is -2.10. The van der Waals surface area contributed by atoms with Crippen LogP contribution in [0.1, 0.15) is 25.7 Å². The smallest absolute Gasteiger partial charge is 0.106 e. The number of nitrogens with zero attached hydrogens (tertiary/aromatic N) is 2. The molecule has 0 radical (unpaired) electrons. The molecule has 0 unspecified atom stereocenters. The van der Waals surface area contributed by atoms with E-state index in [0.29, 0.717) is 16.8 Å². The molecule has 4 heteroatoms. The van der Waals surface area contributed by atoms with Crippen molar-refractivity contribution in [3.05, 3.63) is 23.0 Å². The molecule has 0 aliphatic carbocycles. The van der Waals surface area contributed by atoms with Crippen LogP contribution in [-0.4, -0.2) is 9.55 Å². The maximum Gasteiger partial charge on any atom is 0.106 e. The molecule has 1 aromatic heterocycles. The first-order valence-electron chi connectivity index (χ1n) is 4.94. The number of hydrogen-bond donors (Lipinski definition) is 1. The average molecular weight is 224 g/mol. The van der Waals surface area contributed by atoms with E-state index in [0.717, 1.165) is 16.9 Å². The Morgan fingerprint density at radius 3 is 2.67 bits per heavy atom. The van der Waals surface area contributed by atoms with Crippen molar-refractivity contribution in [2.45, 2.75) is 26.8 Å². The fraction of sp³-hybridized carbons (Fsp3) is 0.364. The molecular formula is C11H14ClN3. The van der Waals surface area contributed by atoms with Gasteiger partial charge in [-0.2, -0.15) is 0 Å². The van der Waals surface area contributed by atoms with Gasteiger partial charge in [0, 0.05) is 6.04 Å². The minimum Gasteiger partial charge on any atom is -0.397 e. The van der Waals surface area contributed by atoms with Gasteiger partial charge in [-0.15, -0.1) is 0 Å². The first-order chi connectivity index (χ1) is 7.00. The Kier molecular flexibility index (Phi) is 2.35. The molecule has 2 rings (SSSR count). The SMILES string of the molecule is Cc1nc2cc(N)c(Cl)cc2n1C(C)C. The van der Waals surface area contributed by atoms with E-state index in [1.807, 2.05) is 19.1 Å². The number of nitrogen functional groups attached to an aromatic ring is 1. The topological polar surface area (TPSA) is 43.8 Å². The molecule has 0 saturated heterocycles. The van der Waals surface area contributed by atoms with Gasteiger partial charge in [-0.1, -0.05) is 11.6 Å². The van der Waals surface area contributed by atoms with Gasteiger partial charge in [0.05, 0.1) is 21.7 Å². The Labute approximate surface area is 93.9 Å². The van der Waals surface area contributed by atoms with Gasteiger partial charge < -0.3 is 10.3 Å². The minimum absolute atomic E-state index is 0.370. The van der Waals surface area contributed by atoms with Crippen LogP contribution in [0.25, 0.3) is 11.0 Å². The summed E-state index contributed by atoms with van der Waals surface area (Å²) in [5.74, 6) is 0.988. The maximum atomic E-state index is 6.01. The number of aromatic nitrogens is 2. The van der Waals surface area contributed by atoms with E-state index in [2.05, 4.69) is 23.4 Å². The van der Waals surface area contributed by atoms with Crippen molar-refractivity contribution in [3.63, 3.8) is 0 Å². The third kappa shape index (κ3) is 1.57. The van der Waals surface area contributed by atoms with Gasteiger partial charge in [0.2, 0.25) is 0 Å². The van der Waals surface area contributed by atoms with E-state index in [9.17, 15) is 0 Å². The van der Waals surface area contributed by atoms with Crippen molar-refractivity contribution in [3.8, 4) is 0 Å². The number of imidazole rings is 1. The standard InChI is InChI=1S/C11H14ClN3/c1-6(2)15-7(3)14-10-5-9(13)8(12)4-11(10)15/h4-6H,13H2,1-3H3. The fourth-order valence-electron chi connectivity index (χ4n) is 1.90. The molecule has 0 bridgehead atoms. The van der Waals surface area contributed by atoms with E-state index in [1.165, 1.54) is 0 Å². The highest BCUT2D eigenvalue weighted by atomic mass is 35.5. The second-order valence-electron chi connectivity index (χ2n) is 3.99. The van der Waals surface area contributed by atoms with Gasteiger partial charge in [0.1, 0.15) is 5.82 Å². The number of benzene rings is 1. The largest absolute Gasteiger partial charge is 0.397 e. The van der Waals surface area contributed by atoms with E-state index in [-0.39, 0.29) is 0 Å². The fourth-order valence-corrected chi connectivity index (χ4v) is 2.06. The highest BCUT2D eigenvalue weighted by Gasteiger charge is 2.11. The zero-order valence-electron chi connectivity index (χ0n) is 9.08. The third-order valence-electron chi connectivity index (χ3n) is 2.50. The number of aryl methyl sites for hydroxylation is 1. The molecule has 0 aliphatic rings. The summed E-state index contributed by atoms with van der Waals surface area (Å²) in [5.41, 5.74) is 8.27. The van der Waals surface area contributed by atoms with Crippen LogP contribution in [0.2, 0.25) is 5.02 Å². The molecule has 0 spiro atoms. The van der Waals surface area contributed by atoms with Gasteiger partial charge in [-0.25, -0.2) is 4.98 Å². The van der Waals surface area contributed by atoms with Gasteiger partial charge in [-0.05, 0) is 32.9 Å². The summed E-state index contributed by atoms with van der Waals surface area (Å²) in [6.07, 6.45) is 0. The third-order valence-corrected chi connectivity index (χ3v) is 2.83. The number of rotatable bonds is 1. The predicted octanol–water partition coefficient (Wildman–Crippen LogP) is 3.16. The Morgan fingerprint density at radius 2 is 2.07 bits per heavy atom. The molecule has 0 amide bonds. The molecule has 3 nitrogen and oxygen atoms in total. The van der Waals surface area contributed by atoms with Crippen molar-refractivity contribution in [1.29, 1.82) is 0 Å². The first kappa shape index (κ1) is 10.3. The summed E-state index contributed by atoms with van der Waals surface area (Å²) < 4.78 is 2.15. The predicted molar refractivity (Wildman–Crippen MR) is 64.3 cm³/mol. The van der Waals surface area contributed by atoms with Crippen LogP contribution in [0.4, 0.5) is 5.69 Å². The molecular weight excluding hydrogens is 210 g/mol. The molecule has 80 valence electrons. The Bertz CT molecular complexity index is 514. The molecule has 0 atom stereocenters. The van der Waals surface area contributed by atoms with Crippen molar-refractivity contribution in [2.24, 2.45) is 0 Å². The van der Waals surface area contributed by atoms with Gasteiger partial charge in [-0.3, -0.25) is 0 Å². The van der Waals surface area contributed by atoms with E-state index in [4.69, 9.17) is 17.3 Å². The van der Waals surface area contributed by atoms with Gasteiger partial charge in [0.25, 0.3) is 0 Å². The lowest BCUT2D eigenvalue weighted by Crippen LogP contribution is -2.02. The lowest BCUT2D eigenvalue weighted by atomic mass is 10.2. The number of anilines is 1. The van der Waals surface area contributed by atoms with Crippen molar-refractivity contribution in [1.82, 2.24) is 9.55 Å². The monoisotopic (exact) mass is 223 g/mol. The summed E-state index contributed by atoms with van der Waals surface area (Å²) in [6, 6.07) is 4.07. The highest BCUT2D eigenvalue weighted by molar-refractivity contribution is 6.33. The zero-order chi connectivity index (χ0) is 11.2. The summed E-state index contributed by atoms with van der Waals surface area (Å²) in [5, 5.41) is 0.587. The zero-order valence-corrected chi connectivity index (χ0v) is 9.84. The summed E-state index contributed by atoms with van der Waals surface area (Å²) >= 11 is 6.01. The Balaban J connectivity index is 2.81. The van der Waals surface area contributed by atoms with E-state index >= 15 is 0 Å². The van der Waals surface area contributed by atoms with Gasteiger partial charge in [0.15, 0.2) is 0 Å². The first-order valence-corrected chi connectivity index (χ1v) is 5.32. The number of nitrogens with two attached hydrogens (primary N) is 1. The van der Waals surface area contributed by atoms with Crippen LogP contribution in [-0.2, 0) is 0 Å². The summed E-state index contributed by atoms with van der Waals surface area (Å²) in [7, 11) is 0. The van der Waals surface area contributed by atoms with Crippen LogP contribution in [0, 0.1) is 6.92 Å². The highest BCUT2D eigenvalue weighted by Crippen LogP contribution is 2.28. The summed E-state index contributed by atoms with van der Waals surface area (Å²) in [6.45, 7) is 6.24. The molecule has 1 heterocycles. The Morgan fingerprint density at radius 1 is 1.40 bits per heavy atom. The van der Waals surface area contributed by atoms with Crippen LogP contribution < -0.4 is 5.73 Å². The quantitative estimate of drug-likeness (QED) is 0.755.